The number of para-hydroxylation sites is 2. The van der Waals surface area contributed by atoms with Gasteiger partial charge in [0.2, 0.25) is 0 Å². The Hall–Kier alpha value is -3.25. The lowest BCUT2D eigenvalue weighted by Gasteiger charge is -2.36. The van der Waals surface area contributed by atoms with Gasteiger partial charge in [0.1, 0.15) is 0 Å². The Balaban J connectivity index is 1.27. The van der Waals surface area contributed by atoms with Crippen molar-refractivity contribution in [3.8, 4) is 0 Å². The van der Waals surface area contributed by atoms with E-state index >= 15 is 0 Å². The van der Waals surface area contributed by atoms with E-state index in [9.17, 15) is 4.79 Å². The summed E-state index contributed by atoms with van der Waals surface area (Å²) in [5, 5.41) is 1.25. The van der Waals surface area contributed by atoms with Crippen LogP contribution >= 0.6 is 0 Å². The van der Waals surface area contributed by atoms with Crippen molar-refractivity contribution in [1.29, 1.82) is 0 Å². The number of anilines is 1. The first-order valence-electron chi connectivity index (χ1n) is 10.5. The molecule has 0 aliphatic carbocycles. The molecular weight excluding hydrogens is 374 g/mol. The molecule has 5 rings (SSSR count). The molecule has 6 nitrogen and oxygen atoms in total. The molecule has 30 heavy (non-hydrogen) atoms. The maximum Gasteiger partial charge on any atom is 0.333 e. The van der Waals surface area contributed by atoms with Crippen molar-refractivity contribution in [2.45, 2.75) is 13.5 Å². The highest BCUT2D eigenvalue weighted by Gasteiger charge is 2.19. The number of H-pyrrole nitrogens is 1. The molecule has 0 saturated carbocycles. The minimum Gasteiger partial charge on any atom is -0.369 e. The van der Waals surface area contributed by atoms with Crippen LogP contribution in [-0.4, -0.2) is 51.7 Å². The molecule has 0 unspecified atom stereocenters. The quantitative estimate of drug-likeness (QED) is 0.556. The van der Waals surface area contributed by atoms with Crippen LogP contribution in [0.15, 0.2) is 66.1 Å². The predicted octanol–water partition coefficient (Wildman–Crippen LogP) is 3.60. The van der Waals surface area contributed by atoms with Crippen LogP contribution in [0.4, 0.5) is 5.69 Å². The SMILES string of the molecule is C=C(C)n1c(=O)n(CCN2CCN(c3ccc4[nH]ccc4c3)CC2)c2ccccc21. The first-order chi connectivity index (χ1) is 14.6. The number of hydrogen-bond acceptors (Lipinski definition) is 3. The van der Waals surface area contributed by atoms with Gasteiger partial charge in [-0.05, 0) is 43.3 Å². The first-order valence-corrected chi connectivity index (χ1v) is 10.5. The van der Waals surface area contributed by atoms with Gasteiger partial charge in [-0.1, -0.05) is 18.7 Å². The van der Waals surface area contributed by atoms with Crippen LogP contribution in [0.3, 0.4) is 0 Å². The van der Waals surface area contributed by atoms with Crippen LogP contribution in [0, 0.1) is 0 Å². The highest BCUT2D eigenvalue weighted by molar-refractivity contribution is 5.83. The topological polar surface area (TPSA) is 49.2 Å². The number of rotatable bonds is 5. The zero-order valence-electron chi connectivity index (χ0n) is 17.3. The van der Waals surface area contributed by atoms with Crippen molar-refractivity contribution in [3.63, 3.8) is 0 Å². The minimum absolute atomic E-state index is 0.00198. The number of nitrogens with zero attached hydrogens (tertiary/aromatic N) is 4. The van der Waals surface area contributed by atoms with Crippen molar-refractivity contribution in [2.24, 2.45) is 0 Å². The summed E-state index contributed by atoms with van der Waals surface area (Å²) < 4.78 is 3.60. The fraction of sp³-hybridized carbons (Fsp3) is 0.292. The summed E-state index contributed by atoms with van der Waals surface area (Å²) >= 11 is 0. The number of nitrogens with one attached hydrogen (secondary N) is 1. The first kappa shape index (κ1) is 18.8. The maximum atomic E-state index is 13.0. The number of allylic oxidation sites excluding steroid dienone is 1. The summed E-state index contributed by atoms with van der Waals surface area (Å²) in [5.41, 5.74) is 5.12. The highest BCUT2D eigenvalue weighted by atomic mass is 16.1. The Morgan fingerprint density at radius 1 is 1.00 bits per heavy atom. The number of piperazine rings is 1. The molecule has 1 fully saturated rings. The second-order valence-electron chi connectivity index (χ2n) is 8.07. The molecule has 6 heteroatoms. The monoisotopic (exact) mass is 401 g/mol. The van der Waals surface area contributed by atoms with E-state index in [0.29, 0.717) is 6.54 Å². The van der Waals surface area contributed by atoms with E-state index in [1.54, 1.807) is 4.57 Å². The standard InChI is InChI=1S/C24H27N5O/c1-18(2)29-23-6-4-3-5-22(23)28(24(29)30)16-13-26-11-14-27(15-12-26)20-7-8-21-19(17-20)9-10-25-21/h3-10,17,25H,1,11-16H2,2H3. The van der Waals surface area contributed by atoms with E-state index < -0.39 is 0 Å². The molecule has 1 N–H and O–H groups in total. The summed E-state index contributed by atoms with van der Waals surface area (Å²) in [5.74, 6) is 0. The van der Waals surface area contributed by atoms with Crippen LogP contribution in [0.1, 0.15) is 6.92 Å². The number of aromatic amines is 1. The Morgan fingerprint density at radius 3 is 2.53 bits per heavy atom. The fourth-order valence-electron chi connectivity index (χ4n) is 4.50. The second kappa shape index (κ2) is 7.54. The largest absolute Gasteiger partial charge is 0.369 e. The van der Waals surface area contributed by atoms with Gasteiger partial charge in [-0.3, -0.25) is 14.0 Å². The van der Waals surface area contributed by atoms with E-state index in [1.165, 1.54) is 16.6 Å². The third-order valence-electron chi connectivity index (χ3n) is 6.13. The predicted molar refractivity (Wildman–Crippen MR) is 124 cm³/mol. The Morgan fingerprint density at radius 2 is 1.77 bits per heavy atom. The van der Waals surface area contributed by atoms with E-state index in [4.69, 9.17) is 0 Å². The summed E-state index contributed by atoms with van der Waals surface area (Å²) in [6.07, 6.45) is 1.99. The van der Waals surface area contributed by atoms with Crippen LogP contribution in [0.5, 0.6) is 0 Å². The van der Waals surface area contributed by atoms with Crippen molar-refractivity contribution < 1.29 is 0 Å². The number of fused-ring (bicyclic) bond motifs is 2. The molecule has 1 aliphatic heterocycles. The second-order valence-corrected chi connectivity index (χ2v) is 8.07. The Labute approximate surface area is 175 Å². The van der Waals surface area contributed by atoms with Gasteiger partial charge in [0.15, 0.2) is 0 Å². The lowest BCUT2D eigenvalue weighted by molar-refractivity contribution is 0.248. The molecule has 0 bridgehead atoms. The summed E-state index contributed by atoms with van der Waals surface area (Å²) in [6, 6.07) is 16.7. The molecule has 2 aromatic heterocycles. The number of imidazole rings is 1. The molecule has 0 radical (unpaired) electrons. The van der Waals surface area contributed by atoms with Crippen LogP contribution in [-0.2, 0) is 6.54 Å². The van der Waals surface area contributed by atoms with E-state index in [0.717, 1.165) is 49.5 Å². The van der Waals surface area contributed by atoms with Gasteiger partial charge in [-0.2, -0.15) is 0 Å². The average Bonchev–Trinajstić information content (AvgIpc) is 3.33. The summed E-state index contributed by atoms with van der Waals surface area (Å²) in [4.78, 5) is 21.1. The molecule has 0 spiro atoms. The van der Waals surface area contributed by atoms with Gasteiger partial charge < -0.3 is 9.88 Å². The van der Waals surface area contributed by atoms with E-state index in [2.05, 4.69) is 45.6 Å². The molecule has 4 aromatic rings. The third kappa shape index (κ3) is 3.23. The molecular formula is C24H27N5O. The van der Waals surface area contributed by atoms with Gasteiger partial charge in [0.05, 0.1) is 11.0 Å². The van der Waals surface area contributed by atoms with Crippen LogP contribution in [0.25, 0.3) is 27.6 Å². The van der Waals surface area contributed by atoms with E-state index in [1.807, 2.05) is 42.0 Å². The lowest BCUT2D eigenvalue weighted by Crippen LogP contribution is -2.47. The van der Waals surface area contributed by atoms with Gasteiger partial charge in [0, 0.05) is 67.8 Å². The van der Waals surface area contributed by atoms with Crippen molar-refractivity contribution in [3.05, 3.63) is 71.8 Å². The molecule has 2 aromatic carbocycles. The highest BCUT2D eigenvalue weighted by Crippen LogP contribution is 2.22. The zero-order valence-corrected chi connectivity index (χ0v) is 17.3. The molecule has 1 aliphatic rings. The summed E-state index contributed by atoms with van der Waals surface area (Å²) in [6.45, 7) is 11.4. The number of benzene rings is 2. The fourth-order valence-corrected chi connectivity index (χ4v) is 4.50. The van der Waals surface area contributed by atoms with Crippen LogP contribution < -0.4 is 10.6 Å². The Kier molecular flexibility index (Phi) is 4.71. The van der Waals surface area contributed by atoms with E-state index in [-0.39, 0.29) is 5.69 Å². The van der Waals surface area contributed by atoms with Gasteiger partial charge in [0.25, 0.3) is 0 Å². The van der Waals surface area contributed by atoms with Crippen molar-refractivity contribution >= 4 is 33.3 Å². The smallest absolute Gasteiger partial charge is 0.333 e. The van der Waals surface area contributed by atoms with Crippen molar-refractivity contribution in [1.82, 2.24) is 19.0 Å². The van der Waals surface area contributed by atoms with Gasteiger partial charge in [-0.15, -0.1) is 0 Å². The lowest BCUT2D eigenvalue weighted by atomic mass is 10.2. The van der Waals surface area contributed by atoms with Crippen LogP contribution in [0.2, 0.25) is 0 Å². The molecule has 1 saturated heterocycles. The summed E-state index contributed by atoms with van der Waals surface area (Å²) in [7, 11) is 0. The number of aromatic nitrogens is 3. The Bertz CT molecular complexity index is 1270. The van der Waals surface area contributed by atoms with Gasteiger partial charge in [-0.25, -0.2) is 4.79 Å². The number of hydrogen-bond donors (Lipinski definition) is 1. The van der Waals surface area contributed by atoms with Gasteiger partial charge >= 0.3 is 5.69 Å². The maximum absolute atomic E-state index is 13.0. The molecule has 0 atom stereocenters. The zero-order chi connectivity index (χ0) is 20.7. The normalized spacial score (nSPS) is 15.3. The third-order valence-corrected chi connectivity index (χ3v) is 6.13. The minimum atomic E-state index is 0.00198. The molecule has 3 heterocycles. The van der Waals surface area contributed by atoms with Crippen molar-refractivity contribution in [2.75, 3.05) is 37.6 Å². The average molecular weight is 402 g/mol. The molecule has 154 valence electrons. The molecule has 0 amide bonds.